The molecule has 1 aliphatic rings. The van der Waals surface area contributed by atoms with Crippen LogP contribution in [0.4, 0.5) is 0 Å². The average molecular weight is 180 g/mol. The van der Waals surface area contributed by atoms with Gasteiger partial charge in [0.25, 0.3) is 0 Å². The fourth-order valence-electron chi connectivity index (χ4n) is 2.02. The van der Waals surface area contributed by atoms with Gasteiger partial charge in [-0.1, -0.05) is 20.8 Å². The van der Waals surface area contributed by atoms with E-state index in [0.717, 1.165) is 25.9 Å². The Kier molecular flexibility index (Phi) is 2.68. The van der Waals surface area contributed by atoms with E-state index in [1.54, 1.807) is 0 Å². The molecule has 0 aromatic heterocycles. The molecule has 0 aromatic carbocycles. The van der Waals surface area contributed by atoms with Crippen molar-refractivity contribution < 1.29 is 0 Å². The molecular formula is C11H20N2. The van der Waals surface area contributed by atoms with E-state index in [1.165, 1.54) is 0 Å². The van der Waals surface area contributed by atoms with Crippen molar-refractivity contribution in [2.75, 3.05) is 20.1 Å². The van der Waals surface area contributed by atoms with Gasteiger partial charge >= 0.3 is 0 Å². The van der Waals surface area contributed by atoms with Gasteiger partial charge in [-0.3, -0.25) is 0 Å². The first-order chi connectivity index (χ1) is 5.91. The monoisotopic (exact) mass is 180 g/mol. The maximum Gasteiger partial charge on any atom is 0.239 e. The highest BCUT2D eigenvalue weighted by Gasteiger charge is 2.49. The van der Waals surface area contributed by atoms with E-state index in [0.29, 0.717) is 0 Å². The molecule has 1 heterocycles. The highest BCUT2D eigenvalue weighted by atomic mass is 15.1. The average Bonchev–Trinajstić information content (AvgIpc) is 2.04. The van der Waals surface area contributed by atoms with E-state index >= 15 is 0 Å². The topological polar surface area (TPSA) is 7.60 Å². The first-order valence-electron chi connectivity index (χ1n) is 4.98. The van der Waals surface area contributed by atoms with Gasteiger partial charge < -0.3 is 9.74 Å². The zero-order valence-corrected chi connectivity index (χ0v) is 9.22. The van der Waals surface area contributed by atoms with Crippen LogP contribution < -0.4 is 0 Å². The minimum Gasteiger partial charge on any atom is -0.310 e. The zero-order valence-electron chi connectivity index (χ0n) is 9.22. The van der Waals surface area contributed by atoms with Crippen molar-refractivity contribution in [2.45, 2.75) is 39.2 Å². The molecule has 2 nitrogen and oxygen atoms in total. The van der Waals surface area contributed by atoms with E-state index in [-0.39, 0.29) is 11.0 Å². The van der Waals surface area contributed by atoms with Crippen LogP contribution in [0.2, 0.25) is 0 Å². The largest absolute Gasteiger partial charge is 0.310 e. The molecule has 13 heavy (non-hydrogen) atoms. The van der Waals surface area contributed by atoms with Crippen molar-refractivity contribution in [3.8, 4) is 0 Å². The van der Waals surface area contributed by atoms with Crippen LogP contribution in [0.25, 0.3) is 4.85 Å². The Morgan fingerprint density at radius 3 is 2.00 bits per heavy atom. The Balaban J connectivity index is 2.80. The Morgan fingerprint density at radius 2 is 1.69 bits per heavy atom. The zero-order chi connectivity index (χ0) is 10.1. The lowest BCUT2D eigenvalue weighted by atomic mass is 9.68. The molecule has 1 saturated heterocycles. The summed E-state index contributed by atoms with van der Waals surface area (Å²) in [5.74, 6) is 0. The lowest BCUT2D eigenvalue weighted by molar-refractivity contribution is 0.124. The Bertz CT molecular complexity index is 211. The molecule has 0 saturated carbocycles. The number of hydrogen-bond donors (Lipinski definition) is 0. The molecule has 1 aliphatic heterocycles. The van der Waals surface area contributed by atoms with Crippen molar-refractivity contribution in [1.29, 1.82) is 0 Å². The van der Waals surface area contributed by atoms with Crippen LogP contribution in [0.3, 0.4) is 0 Å². The Hall–Kier alpha value is -0.550. The van der Waals surface area contributed by atoms with E-state index in [2.05, 4.69) is 37.6 Å². The van der Waals surface area contributed by atoms with Crippen molar-refractivity contribution in [1.82, 2.24) is 4.90 Å². The fraction of sp³-hybridized carbons (Fsp3) is 0.909. The normalized spacial score (nSPS) is 23.9. The van der Waals surface area contributed by atoms with Gasteiger partial charge in [-0.25, -0.2) is 6.57 Å². The number of likely N-dealkylation sites (tertiary alicyclic amines) is 1. The van der Waals surface area contributed by atoms with Crippen LogP contribution >= 0.6 is 0 Å². The van der Waals surface area contributed by atoms with Crippen LogP contribution in [-0.2, 0) is 0 Å². The number of rotatable bonds is 0. The number of hydrogen-bond acceptors (Lipinski definition) is 1. The van der Waals surface area contributed by atoms with Gasteiger partial charge in [0, 0.05) is 31.3 Å². The SMILES string of the molecule is [C-]#[N+]C1(C(C)(C)C)CCN(C)CC1. The summed E-state index contributed by atoms with van der Waals surface area (Å²) in [5.41, 5.74) is 0.00944. The predicted molar refractivity (Wildman–Crippen MR) is 55.5 cm³/mol. The molecular weight excluding hydrogens is 160 g/mol. The summed E-state index contributed by atoms with van der Waals surface area (Å²) in [4.78, 5) is 6.22. The van der Waals surface area contributed by atoms with Crippen molar-refractivity contribution in [3.05, 3.63) is 11.4 Å². The third-order valence-corrected chi connectivity index (χ3v) is 3.42. The van der Waals surface area contributed by atoms with Crippen LogP contribution in [0.15, 0.2) is 0 Å². The van der Waals surface area contributed by atoms with Crippen molar-refractivity contribution in [2.24, 2.45) is 5.41 Å². The van der Waals surface area contributed by atoms with E-state index in [1.807, 2.05) is 0 Å². The second kappa shape index (κ2) is 3.31. The van der Waals surface area contributed by atoms with Gasteiger partial charge in [0.2, 0.25) is 5.54 Å². The summed E-state index contributed by atoms with van der Waals surface area (Å²) < 4.78 is 0. The summed E-state index contributed by atoms with van der Waals surface area (Å²) in [7, 11) is 2.14. The molecule has 1 rings (SSSR count). The lowest BCUT2D eigenvalue weighted by Gasteiger charge is -2.39. The van der Waals surface area contributed by atoms with Gasteiger partial charge in [-0.2, -0.15) is 0 Å². The summed E-state index contributed by atoms with van der Waals surface area (Å²) >= 11 is 0. The molecule has 0 amide bonds. The van der Waals surface area contributed by atoms with Gasteiger partial charge in [-0.15, -0.1) is 0 Å². The van der Waals surface area contributed by atoms with Crippen LogP contribution in [-0.4, -0.2) is 30.6 Å². The van der Waals surface area contributed by atoms with Crippen molar-refractivity contribution >= 4 is 0 Å². The highest BCUT2D eigenvalue weighted by Crippen LogP contribution is 2.41. The predicted octanol–water partition coefficient (Wildman–Crippen LogP) is 2.42. The quantitative estimate of drug-likeness (QED) is 0.519. The van der Waals surface area contributed by atoms with Gasteiger partial charge in [0.1, 0.15) is 0 Å². The first-order valence-corrected chi connectivity index (χ1v) is 4.98. The smallest absolute Gasteiger partial charge is 0.239 e. The summed E-state index contributed by atoms with van der Waals surface area (Å²) in [5, 5.41) is 0. The minimum atomic E-state index is -0.112. The third-order valence-electron chi connectivity index (χ3n) is 3.42. The number of nitrogens with zero attached hydrogens (tertiary/aromatic N) is 2. The molecule has 0 N–H and O–H groups in total. The molecule has 0 aliphatic carbocycles. The van der Waals surface area contributed by atoms with Crippen LogP contribution in [0.5, 0.6) is 0 Å². The van der Waals surface area contributed by atoms with Crippen molar-refractivity contribution in [3.63, 3.8) is 0 Å². The van der Waals surface area contributed by atoms with Crippen LogP contribution in [0.1, 0.15) is 33.6 Å². The molecule has 0 aromatic rings. The molecule has 2 heteroatoms. The van der Waals surface area contributed by atoms with Gasteiger partial charge in [0.05, 0.1) is 0 Å². The maximum atomic E-state index is 7.37. The van der Waals surface area contributed by atoms with Gasteiger partial charge in [0.15, 0.2) is 0 Å². The molecule has 1 fully saturated rings. The summed E-state index contributed by atoms with van der Waals surface area (Å²) in [6, 6.07) is 0. The standard InChI is InChI=1S/C11H20N2/c1-10(2,3)11(12-4)6-8-13(5)9-7-11/h6-9H2,1-3,5H3. The second-order valence-electron chi connectivity index (χ2n) is 5.20. The fourth-order valence-corrected chi connectivity index (χ4v) is 2.02. The minimum absolute atomic E-state index is 0.112. The van der Waals surface area contributed by atoms with Crippen LogP contribution in [0, 0.1) is 12.0 Å². The number of piperidine rings is 1. The van der Waals surface area contributed by atoms with Gasteiger partial charge in [-0.05, 0) is 7.05 Å². The second-order valence-corrected chi connectivity index (χ2v) is 5.20. The molecule has 0 spiro atoms. The lowest BCUT2D eigenvalue weighted by Crippen LogP contribution is -2.48. The molecule has 0 unspecified atom stereocenters. The Morgan fingerprint density at radius 1 is 1.23 bits per heavy atom. The summed E-state index contributed by atoms with van der Waals surface area (Å²) in [6.45, 7) is 16.1. The van der Waals surface area contributed by atoms with E-state index in [9.17, 15) is 0 Å². The Labute approximate surface area is 81.7 Å². The third kappa shape index (κ3) is 1.86. The molecule has 0 atom stereocenters. The van der Waals surface area contributed by atoms with E-state index < -0.39 is 0 Å². The first kappa shape index (κ1) is 10.5. The maximum absolute atomic E-state index is 7.37. The van der Waals surface area contributed by atoms with E-state index in [4.69, 9.17) is 6.57 Å². The molecule has 0 radical (unpaired) electrons. The molecule has 0 bridgehead atoms. The summed E-state index contributed by atoms with van der Waals surface area (Å²) in [6.07, 6.45) is 2.05. The highest BCUT2D eigenvalue weighted by molar-refractivity contribution is 5.08. The molecule has 74 valence electrons.